The molecule has 0 N–H and O–H groups in total. The molecule has 0 spiro atoms. The molecule has 0 radical (unpaired) electrons. The summed E-state index contributed by atoms with van der Waals surface area (Å²) in [5.41, 5.74) is 0.0986. The van der Waals surface area contributed by atoms with Crippen LogP contribution < -0.4 is 5.30 Å². The first-order valence-corrected chi connectivity index (χ1v) is 5.30. The van der Waals surface area contributed by atoms with E-state index in [9.17, 15) is 17.0 Å². The molecule has 0 aliphatic heterocycles. The van der Waals surface area contributed by atoms with Gasteiger partial charge in [0.1, 0.15) is 0 Å². The third-order valence-corrected chi connectivity index (χ3v) is 3.18. The van der Waals surface area contributed by atoms with Crippen molar-refractivity contribution in [1.82, 2.24) is 0 Å². The van der Waals surface area contributed by atoms with Crippen molar-refractivity contribution in [3.05, 3.63) is 29.1 Å². The summed E-state index contributed by atoms with van der Waals surface area (Å²) in [6.07, 6.45) is 0. The molecule has 0 aliphatic carbocycles. The summed E-state index contributed by atoms with van der Waals surface area (Å²) in [6, 6.07) is 1.70. The third-order valence-electron chi connectivity index (χ3n) is 2.03. The Morgan fingerprint density at radius 2 is 1.54 bits per heavy atom. The van der Waals surface area contributed by atoms with Crippen LogP contribution in [0.25, 0.3) is 0 Å². The topological polar surface area (TPSA) is 0 Å². The third kappa shape index (κ3) is 1.99. The van der Waals surface area contributed by atoms with Gasteiger partial charge in [-0.25, -0.2) is 0 Å². The van der Waals surface area contributed by atoms with E-state index in [2.05, 4.69) is 0 Å². The molecule has 0 aliphatic rings. The summed E-state index contributed by atoms with van der Waals surface area (Å²) in [5.74, 6) is -0.584. The molecule has 0 aromatic heterocycles. The maximum absolute atomic E-state index is 12.8. The van der Waals surface area contributed by atoms with Gasteiger partial charge in [-0.1, -0.05) is 0 Å². The van der Waals surface area contributed by atoms with Crippen LogP contribution in [0.3, 0.4) is 0 Å². The summed E-state index contributed by atoms with van der Waals surface area (Å²) in [7, 11) is -5.80. The molecule has 1 rings (SSSR count). The van der Waals surface area contributed by atoms with Gasteiger partial charge in [0.15, 0.2) is 0 Å². The molecule has 0 saturated heterocycles. The second-order valence-corrected chi connectivity index (χ2v) is 4.38. The number of benzene rings is 1. The summed E-state index contributed by atoms with van der Waals surface area (Å²) in [5, 5.41) is -0.633. The summed E-state index contributed by atoms with van der Waals surface area (Å²) < 4.78 is 49.9. The van der Waals surface area contributed by atoms with Crippen LogP contribution in [0.4, 0.5) is 17.0 Å². The summed E-state index contributed by atoms with van der Waals surface area (Å²) in [4.78, 5) is 0. The molecule has 0 atom stereocenters. The van der Waals surface area contributed by atoms with E-state index >= 15 is 0 Å². The molecule has 0 bridgehead atoms. The van der Waals surface area contributed by atoms with Gasteiger partial charge in [0.05, 0.1) is 0 Å². The van der Waals surface area contributed by atoms with E-state index in [0.717, 1.165) is 12.1 Å². The minimum atomic E-state index is -5.80. The predicted octanol–water partition coefficient (Wildman–Crippen LogP) is 3.47. The van der Waals surface area contributed by atoms with Crippen molar-refractivity contribution in [2.75, 3.05) is 0 Å². The Balaban J connectivity index is 3.35. The van der Waals surface area contributed by atoms with Crippen LogP contribution in [-0.2, 0) is 0 Å². The van der Waals surface area contributed by atoms with Gasteiger partial charge in [-0.2, -0.15) is 0 Å². The predicted molar refractivity (Wildman–Crippen MR) is 47.1 cm³/mol. The Hall–Kier alpha value is -0.630. The number of hydrogen-bond acceptors (Lipinski definition) is 0. The fourth-order valence-corrected chi connectivity index (χ4v) is 1.98. The van der Waals surface area contributed by atoms with E-state index in [1.807, 2.05) is 0 Å². The quantitative estimate of drug-likeness (QED) is 0.494. The van der Waals surface area contributed by atoms with Gasteiger partial charge >= 0.3 is 73.4 Å². The normalized spacial score (nSPS) is 13.1. The van der Waals surface area contributed by atoms with Crippen molar-refractivity contribution in [3.8, 4) is 0 Å². The van der Waals surface area contributed by atoms with Crippen LogP contribution in [0, 0.1) is 19.7 Å². The van der Waals surface area contributed by atoms with Gasteiger partial charge in [-0.15, -0.1) is 0 Å². The van der Waals surface area contributed by atoms with Crippen LogP contribution >= 0.6 is 8.19 Å². The second-order valence-electron chi connectivity index (χ2n) is 2.84. The fourth-order valence-electron chi connectivity index (χ4n) is 1.09. The van der Waals surface area contributed by atoms with Gasteiger partial charge in [0, 0.05) is 0 Å². The minimum absolute atomic E-state index is 0.0131. The van der Waals surface area contributed by atoms with Gasteiger partial charge in [0.2, 0.25) is 0 Å². The molecule has 1 aromatic carbocycles. The zero-order chi connectivity index (χ0) is 10.2. The Labute approximate surface area is 74.3 Å². The van der Waals surface area contributed by atoms with Gasteiger partial charge in [0.25, 0.3) is 0 Å². The first kappa shape index (κ1) is 10.5. The molecule has 0 unspecified atom stereocenters. The Morgan fingerprint density at radius 3 is 2.00 bits per heavy atom. The average Bonchev–Trinajstić information content (AvgIpc) is 1.98. The molecule has 74 valence electrons. The first-order valence-electron chi connectivity index (χ1n) is 3.67. The summed E-state index contributed by atoms with van der Waals surface area (Å²) in [6.45, 7) is 2.66. The van der Waals surface area contributed by atoms with E-state index < -0.39 is 19.3 Å². The van der Waals surface area contributed by atoms with Crippen LogP contribution in [0.15, 0.2) is 12.1 Å². The van der Waals surface area contributed by atoms with Crippen molar-refractivity contribution in [3.63, 3.8) is 0 Å². The molecular formula is C8H9F4P. The van der Waals surface area contributed by atoms with Crippen molar-refractivity contribution < 1.29 is 17.0 Å². The van der Waals surface area contributed by atoms with E-state index in [-0.39, 0.29) is 11.1 Å². The first-order chi connectivity index (χ1) is 5.84. The Bertz CT molecular complexity index is 330. The molecule has 0 saturated carbocycles. The van der Waals surface area contributed by atoms with Gasteiger partial charge in [-0.3, -0.25) is 0 Å². The van der Waals surface area contributed by atoms with Crippen LogP contribution in [-0.4, -0.2) is 0 Å². The SMILES string of the molecule is Cc1c(F)ccc([PH](F)(F)F)c1C. The maximum atomic E-state index is 12.8. The molecule has 13 heavy (non-hydrogen) atoms. The van der Waals surface area contributed by atoms with Crippen molar-refractivity contribution in [2.24, 2.45) is 0 Å². The Morgan fingerprint density at radius 1 is 1.00 bits per heavy atom. The fraction of sp³-hybridized carbons (Fsp3) is 0.250. The van der Waals surface area contributed by atoms with Crippen molar-refractivity contribution in [1.29, 1.82) is 0 Å². The van der Waals surface area contributed by atoms with Crippen molar-refractivity contribution >= 4 is 13.5 Å². The molecule has 1 aromatic rings. The summed E-state index contributed by atoms with van der Waals surface area (Å²) >= 11 is 0. The average molecular weight is 212 g/mol. The van der Waals surface area contributed by atoms with Crippen LogP contribution in [0.5, 0.6) is 0 Å². The van der Waals surface area contributed by atoms with E-state index in [1.54, 1.807) is 0 Å². The van der Waals surface area contributed by atoms with Gasteiger partial charge in [-0.05, 0) is 0 Å². The van der Waals surface area contributed by atoms with Crippen molar-refractivity contribution in [2.45, 2.75) is 13.8 Å². The zero-order valence-electron chi connectivity index (χ0n) is 7.17. The van der Waals surface area contributed by atoms with E-state index in [1.165, 1.54) is 13.8 Å². The monoisotopic (exact) mass is 212 g/mol. The zero-order valence-corrected chi connectivity index (χ0v) is 8.17. The van der Waals surface area contributed by atoms with Crippen LogP contribution in [0.2, 0.25) is 0 Å². The molecule has 0 fully saturated rings. The molecular weight excluding hydrogens is 203 g/mol. The Kier molecular flexibility index (Phi) is 2.62. The molecule has 0 heterocycles. The van der Waals surface area contributed by atoms with Crippen LogP contribution in [0.1, 0.15) is 11.1 Å². The number of hydrogen-bond donors (Lipinski definition) is 0. The van der Waals surface area contributed by atoms with E-state index in [4.69, 9.17) is 0 Å². The molecule has 5 heteroatoms. The van der Waals surface area contributed by atoms with E-state index in [0.29, 0.717) is 0 Å². The number of rotatable bonds is 1. The van der Waals surface area contributed by atoms with Gasteiger partial charge < -0.3 is 0 Å². The molecule has 0 amide bonds. The second kappa shape index (κ2) is 3.26. The molecule has 0 nitrogen and oxygen atoms in total. The standard InChI is InChI=1S/C8H9F4P/c1-5-6(2)8(13(10,11)12)4-3-7(5)9/h3-4,13H,1-2H3. The number of halogens is 4.